The first-order valence-electron chi connectivity index (χ1n) is 8.73. The summed E-state index contributed by atoms with van der Waals surface area (Å²) in [5.41, 5.74) is 9.73. The molecule has 130 valence electrons. The van der Waals surface area contributed by atoms with Crippen LogP contribution in [0.1, 0.15) is 50.2 Å². The number of carbonyl (C=O) groups excluding carboxylic acids is 2. The lowest BCUT2D eigenvalue weighted by molar-refractivity contribution is 0.0705. The van der Waals surface area contributed by atoms with Crippen LogP contribution >= 0.6 is 0 Å². The van der Waals surface area contributed by atoms with E-state index in [0.717, 1.165) is 24.0 Å². The largest absolute Gasteiger partial charge is 0.337 e. The van der Waals surface area contributed by atoms with Crippen molar-refractivity contribution in [2.75, 3.05) is 13.1 Å². The summed E-state index contributed by atoms with van der Waals surface area (Å²) in [6.07, 6.45) is 1.84. The van der Waals surface area contributed by atoms with Gasteiger partial charge in [-0.3, -0.25) is 9.59 Å². The molecule has 1 amide bonds. The molecular weight excluding hydrogens is 312 g/mol. The Kier molecular flexibility index (Phi) is 5.00. The molecule has 0 radical (unpaired) electrons. The zero-order valence-corrected chi connectivity index (χ0v) is 14.8. The number of hydrogen-bond donors (Lipinski definition) is 1. The summed E-state index contributed by atoms with van der Waals surface area (Å²) in [6, 6.07) is 12.7. The number of ketones is 1. The Morgan fingerprint density at radius 1 is 1.04 bits per heavy atom. The van der Waals surface area contributed by atoms with Crippen molar-refractivity contribution in [1.29, 1.82) is 0 Å². The summed E-state index contributed by atoms with van der Waals surface area (Å²) in [4.78, 5) is 27.7. The highest BCUT2D eigenvalue weighted by Gasteiger charge is 2.26. The van der Waals surface area contributed by atoms with Gasteiger partial charge in [-0.25, -0.2) is 0 Å². The summed E-state index contributed by atoms with van der Waals surface area (Å²) >= 11 is 0. The van der Waals surface area contributed by atoms with Crippen molar-refractivity contribution in [2.45, 2.75) is 32.7 Å². The summed E-state index contributed by atoms with van der Waals surface area (Å²) in [5, 5.41) is 0. The third-order valence-corrected chi connectivity index (χ3v) is 4.92. The number of hydrogen-bond acceptors (Lipinski definition) is 3. The van der Waals surface area contributed by atoms with Gasteiger partial charge in [0.25, 0.3) is 5.91 Å². The van der Waals surface area contributed by atoms with Crippen LogP contribution < -0.4 is 5.73 Å². The second kappa shape index (κ2) is 7.19. The Morgan fingerprint density at radius 2 is 1.76 bits per heavy atom. The number of aryl methyl sites for hydroxylation is 2. The molecule has 25 heavy (non-hydrogen) atoms. The minimum absolute atomic E-state index is 0.0142. The van der Waals surface area contributed by atoms with Crippen molar-refractivity contribution in [3.05, 3.63) is 70.3 Å². The molecule has 4 nitrogen and oxygen atoms in total. The molecule has 2 aromatic rings. The number of carbonyl (C=O) groups is 2. The normalized spacial score (nSPS) is 17.4. The second-order valence-corrected chi connectivity index (χ2v) is 6.83. The summed E-state index contributed by atoms with van der Waals surface area (Å²) < 4.78 is 0. The molecule has 0 aliphatic carbocycles. The number of piperidine rings is 1. The highest BCUT2D eigenvalue weighted by atomic mass is 16.2. The number of rotatable bonds is 3. The van der Waals surface area contributed by atoms with E-state index in [1.807, 2.05) is 32.0 Å². The average Bonchev–Trinajstić information content (AvgIpc) is 2.63. The van der Waals surface area contributed by atoms with Gasteiger partial charge in [-0.05, 0) is 49.9 Å². The van der Waals surface area contributed by atoms with E-state index >= 15 is 0 Å². The minimum Gasteiger partial charge on any atom is -0.337 e. The smallest absolute Gasteiger partial charge is 0.254 e. The van der Waals surface area contributed by atoms with Crippen LogP contribution in [0.4, 0.5) is 0 Å². The SMILES string of the molecule is Cc1ccc(C(=O)c2ccccc2C(=O)N2CCCC(N)C2)cc1C. The Bertz CT molecular complexity index is 813. The standard InChI is InChI=1S/C21H24N2O2/c1-14-9-10-16(12-15(14)2)20(24)18-7-3-4-8-19(18)21(25)23-11-5-6-17(22)13-23/h3-4,7-10,12,17H,5-6,11,13,22H2,1-2H3. The predicted octanol–water partition coefficient (Wildman–Crippen LogP) is 3.10. The molecule has 0 spiro atoms. The van der Waals surface area contributed by atoms with Crippen LogP contribution in [0, 0.1) is 13.8 Å². The summed E-state index contributed by atoms with van der Waals surface area (Å²) in [6.45, 7) is 5.24. The summed E-state index contributed by atoms with van der Waals surface area (Å²) in [5.74, 6) is -0.226. The van der Waals surface area contributed by atoms with E-state index in [0.29, 0.717) is 29.8 Å². The van der Waals surface area contributed by atoms with Crippen molar-refractivity contribution in [3.63, 3.8) is 0 Å². The maximum Gasteiger partial charge on any atom is 0.254 e. The fourth-order valence-electron chi connectivity index (χ4n) is 3.27. The van der Waals surface area contributed by atoms with Gasteiger partial charge in [-0.15, -0.1) is 0 Å². The van der Waals surface area contributed by atoms with E-state index in [4.69, 9.17) is 5.73 Å². The summed E-state index contributed by atoms with van der Waals surface area (Å²) in [7, 11) is 0. The van der Waals surface area contributed by atoms with Gasteiger partial charge in [-0.1, -0.05) is 30.3 Å². The van der Waals surface area contributed by atoms with Gasteiger partial charge < -0.3 is 10.6 Å². The van der Waals surface area contributed by atoms with E-state index in [9.17, 15) is 9.59 Å². The molecule has 1 aliphatic rings. The number of likely N-dealkylation sites (tertiary alicyclic amines) is 1. The molecule has 4 heteroatoms. The van der Waals surface area contributed by atoms with Gasteiger partial charge in [0, 0.05) is 30.3 Å². The Balaban J connectivity index is 1.93. The third kappa shape index (κ3) is 3.64. The van der Waals surface area contributed by atoms with Crippen LogP contribution in [0.3, 0.4) is 0 Å². The first kappa shape index (κ1) is 17.4. The van der Waals surface area contributed by atoms with Gasteiger partial charge in [-0.2, -0.15) is 0 Å². The number of amides is 1. The van der Waals surface area contributed by atoms with Crippen molar-refractivity contribution in [3.8, 4) is 0 Å². The zero-order chi connectivity index (χ0) is 18.0. The number of benzene rings is 2. The first-order chi connectivity index (χ1) is 12.0. The lowest BCUT2D eigenvalue weighted by atomic mass is 9.95. The molecule has 1 fully saturated rings. The van der Waals surface area contributed by atoms with Crippen LogP contribution in [0.5, 0.6) is 0 Å². The molecule has 0 aromatic heterocycles. The van der Waals surface area contributed by atoms with Gasteiger partial charge in [0.2, 0.25) is 0 Å². The quantitative estimate of drug-likeness (QED) is 0.876. The van der Waals surface area contributed by atoms with Crippen molar-refractivity contribution < 1.29 is 9.59 Å². The van der Waals surface area contributed by atoms with E-state index in [-0.39, 0.29) is 17.7 Å². The second-order valence-electron chi connectivity index (χ2n) is 6.83. The Hall–Kier alpha value is -2.46. The third-order valence-electron chi connectivity index (χ3n) is 4.92. The van der Waals surface area contributed by atoms with Crippen molar-refractivity contribution >= 4 is 11.7 Å². The number of nitrogens with zero attached hydrogens (tertiary/aromatic N) is 1. The topological polar surface area (TPSA) is 63.4 Å². The monoisotopic (exact) mass is 336 g/mol. The van der Waals surface area contributed by atoms with E-state index in [2.05, 4.69) is 0 Å². The molecule has 1 heterocycles. The molecule has 3 rings (SSSR count). The number of nitrogens with two attached hydrogens (primary N) is 1. The van der Waals surface area contributed by atoms with Crippen LogP contribution in [0.25, 0.3) is 0 Å². The predicted molar refractivity (Wildman–Crippen MR) is 98.9 cm³/mol. The van der Waals surface area contributed by atoms with Crippen molar-refractivity contribution in [2.24, 2.45) is 5.73 Å². The van der Waals surface area contributed by atoms with Crippen molar-refractivity contribution in [1.82, 2.24) is 4.90 Å². The maximum absolute atomic E-state index is 13.0. The minimum atomic E-state index is -0.117. The molecule has 1 atom stereocenters. The lowest BCUT2D eigenvalue weighted by Gasteiger charge is -2.31. The molecule has 1 aliphatic heterocycles. The highest BCUT2D eigenvalue weighted by molar-refractivity contribution is 6.15. The molecule has 2 N–H and O–H groups in total. The van der Waals surface area contributed by atoms with Crippen LogP contribution in [-0.2, 0) is 0 Å². The Morgan fingerprint density at radius 3 is 2.44 bits per heavy atom. The molecule has 2 aromatic carbocycles. The first-order valence-corrected chi connectivity index (χ1v) is 8.73. The average molecular weight is 336 g/mol. The van der Waals surface area contributed by atoms with E-state index in [1.54, 1.807) is 29.2 Å². The molecular formula is C21H24N2O2. The van der Waals surface area contributed by atoms with Crippen LogP contribution in [-0.4, -0.2) is 35.7 Å². The van der Waals surface area contributed by atoms with E-state index < -0.39 is 0 Å². The van der Waals surface area contributed by atoms with E-state index in [1.165, 1.54) is 0 Å². The zero-order valence-electron chi connectivity index (χ0n) is 14.8. The molecule has 0 bridgehead atoms. The highest BCUT2D eigenvalue weighted by Crippen LogP contribution is 2.20. The van der Waals surface area contributed by atoms with Gasteiger partial charge in [0.1, 0.15) is 0 Å². The Labute approximate surface area is 148 Å². The lowest BCUT2D eigenvalue weighted by Crippen LogP contribution is -2.46. The fourth-order valence-corrected chi connectivity index (χ4v) is 3.27. The van der Waals surface area contributed by atoms with Gasteiger partial charge in [0.15, 0.2) is 5.78 Å². The molecule has 0 saturated carbocycles. The van der Waals surface area contributed by atoms with Crippen LogP contribution in [0.15, 0.2) is 42.5 Å². The fraction of sp³-hybridized carbons (Fsp3) is 0.333. The van der Waals surface area contributed by atoms with Gasteiger partial charge in [0.05, 0.1) is 5.56 Å². The van der Waals surface area contributed by atoms with Gasteiger partial charge >= 0.3 is 0 Å². The molecule has 1 unspecified atom stereocenters. The molecule has 1 saturated heterocycles. The van der Waals surface area contributed by atoms with Crippen LogP contribution in [0.2, 0.25) is 0 Å². The maximum atomic E-state index is 13.0.